The number of alkyl carbamates (subject to hydrolysis) is 1. The topological polar surface area (TPSA) is 162 Å². The Morgan fingerprint density at radius 1 is 0.939 bits per heavy atom. The highest BCUT2D eigenvalue weighted by molar-refractivity contribution is 7.92. The quantitative estimate of drug-likeness (QED) is 0.186. The van der Waals surface area contributed by atoms with Gasteiger partial charge in [-0.2, -0.15) is 0 Å². The van der Waals surface area contributed by atoms with Gasteiger partial charge in [0.2, 0.25) is 10.0 Å². The van der Waals surface area contributed by atoms with Crippen molar-refractivity contribution in [3.05, 3.63) is 95.1 Å². The van der Waals surface area contributed by atoms with E-state index in [1.165, 1.54) is 0 Å². The number of fused-ring (bicyclic) bond motifs is 1. The molecule has 3 aromatic rings. The summed E-state index contributed by atoms with van der Waals surface area (Å²) in [4.78, 5) is 26.4. The molecule has 0 spiro atoms. The molecule has 2 aliphatic rings. The van der Waals surface area contributed by atoms with Crippen LogP contribution in [0.2, 0.25) is 0 Å². The summed E-state index contributed by atoms with van der Waals surface area (Å²) >= 11 is 0. The molecule has 3 aromatic carbocycles. The summed E-state index contributed by atoms with van der Waals surface area (Å²) in [6.45, 7) is 4.03. The first-order valence-electron chi connectivity index (χ1n) is 16.4. The van der Waals surface area contributed by atoms with Gasteiger partial charge < -0.3 is 34.7 Å². The van der Waals surface area contributed by atoms with Crippen molar-refractivity contribution in [1.82, 2.24) is 10.6 Å². The molecule has 4 N–H and O–H groups in total. The lowest BCUT2D eigenvalue weighted by molar-refractivity contribution is -0.124. The zero-order valence-corrected chi connectivity index (χ0v) is 28.8. The number of nitrogens with one attached hydrogen (secondary N) is 3. The van der Waals surface area contributed by atoms with Gasteiger partial charge in [-0.05, 0) is 73.9 Å². The van der Waals surface area contributed by atoms with E-state index >= 15 is 0 Å². The van der Waals surface area contributed by atoms with Crippen molar-refractivity contribution >= 4 is 27.7 Å². The lowest BCUT2D eigenvalue weighted by atomic mass is 9.93. The number of hydrogen-bond donors (Lipinski definition) is 4. The van der Waals surface area contributed by atoms with Crippen LogP contribution in [-0.2, 0) is 41.9 Å². The van der Waals surface area contributed by atoms with Gasteiger partial charge in [-0.3, -0.25) is 9.52 Å². The highest BCUT2D eigenvalue weighted by Gasteiger charge is 2.44. The van der Waals surface area contributed by atoms with E-state index in [1.807, 2.05) is 60.7 Å². The number of hydrogen-bond acceptors (Lipinski definition) is 9. The average molecular weight is 696 g/mol. The Morgan fingerprint density at radius 2 is 1.57 bits per heavy atom. The van der Waals surface area contributed by atoms with Gasteiger partial charge in [0.25, 0.3) is 5.91 Å². The second-order valence-corrected chi connectivity index (χ2v) is 14.5. The molecule has 0 aliphatic carbocycles. The summed E-state index contributed by atoms with van der Waals surface area (Å²) in [7, 11) is -3.46. The molecule has 2 amide bonds. The predicted molar refractivity (Wildman–Crippen MR) is 184 cm³/mol. The SMILES string of the molecule is Cc1cc(NS(C)(=O)=O)cc(C)c1OCC(=O)N[C@@H](Cc1ccccc1)[C@@H](O)C[C@H](Cc1ccccc1)NC(=O)O[C@H]1COC2OCCC21. The van der Waals surface area contributed by atoms with Gasteiger partial charge in [0.15, 0.2) is 12.9 Å². The third-order valence-corrected chi connectivity index (χ3v) is 9.24. The number of amides is 2. The minimum atomic E-state index is -3.46. The standard InChI is InChI=1S/C36H45N3O9S/c1-23-16-28(39-49(3,43)44)17-24(2)34(23)46-22-33(41)38-30(19-26-12-8-5-9-13-26)31(40)20-27(18-25-10-6-4-7-11-25)37-36(42)48-32-21-47-35-29(32)14-15-45-35/h4-13,16-17,27,29-32,35,39-40H,14-15,18-22H2,1-3H3,(H,37,42)(H,38,41)/t27-,29?,30-,31-,32-,35?/m0/s1. The van der Waals surface area contributed by atoms with Crippen molar-refractivity contribution in [3.8, 4) is 5.75 Å². The Morgan fingerprint density at radius 3 is 2.20 bits per heavy atom. The molecule has 2 saturated heterocycles. The van der Waals surface area contributed by atoms with Crippen molar-refractivity contribution in [3.63, 3.8) is 0 Å². The fourth-order valence-electron chi connectivity index (χ4n) is 6.42. The first kappa shape index (κ1) is 36.1. The molecular weight excluding hydrogens is 650 g/mol. The molecule has 13 heteroatoms. The van der Waals surface area contributed by atoms with Gasteiger partial charge in [0, 0.05) is 11.7 Å². The second-order valence-electron chi connectivity index (χ2n) is 12.8. The van der Waals surface area contributed by atoms with Crippen LogP contribution in [-0.4, -0.2) is 82.2 Å². The fraction of sp³-hybridized carbons (Fsp3) is 0.444. The molecule has 12 nitrogen and oxygen atoms in total. The zero-order chi connectivity index (χ0) is 35.0. The van der Waals surface area contributed by atoms with E-state index in [1.54, 1.807) is 26.0 Å². The van der Waals surface area contributed by atoms with Crippen molar-refractivity contribution in [2.24, 2.45) is 5.92 Å². The molecule has 0 bridgehead atoms. The van der Waals surface area contributed by atoms with Gasteiger partial charge in [0.05, 0.1) is 37.5 Å². The Labute approximate surface area is 287 Å². The first-order chi connectivity index (χ1) is 23.4. The number of aryl methyl sites for hydroxylation is 2. The minimum absolute atomic E-state index is 0.00809. The summed E-state index contributed by atoms with van der Waals surface area (Å²) in [5.41, 5.74) is 3.59. The van der Waals surface area contributed by atoms with Crippen LogP contribution in [0.1, 0.15) is 35.1 Å². The number of ether oxygens (including phenoxy) is 4. The van der Waals surface area contributed by atoms with E-state index < -0.39 is 46.3 Å². The third-order valence-electron chi connectivity index (χ3n) is 8.64. The van der Waals surface area contributed by atoms with Gasteiger partial charge in [0.1, 0.15) is 11.9 Å². The maximum atomic E-state index is 13.3. The van der Waals surface area contributed by atoms with Crippen LogP contribution in [0.15, 0.2) is 72.8 Å². The molecular formula is C36H45N3O9S. The molecule has 2 unspecified atom stereocenters. The number of benzene rings is 3. The van der Waals surface area contributed by atoms with E-state index in [0.29, 0.717) is 42.0 Å². The average Bonchev–Trinajstić information content (AvgIpc) is 3.66. The summed E-state index contributed by atoms with van der Waals surface area (Å²) in [5.74, 6) is 0.00748. The molecule has 5 rings (SSSR count). The van der Waals surface area contributed by atoms with E-state index in [9.17, 15) is 23.1 Å². The van der Waals surface area contributed by atoms with Crippen LogP contribution < -0.4 is 20.1 Å². The number of carbonyl (C=O) groups is 2. The lowest BCUT2D eigenvalue weighted by Crippen LogP contribution is -2.50. The van der Waals surface area contributed by atoms with Gasteiger partial charge in [-0.25, -0.2) is 13.2 Å². The molecule has 0 saturated carbocycles. The van der Waals surface area contributed by atoms with E-state index in [0.717, 1.165) is 23.8 Å². The Kier molecular flexibility index (Phi) is 12.2. The predicted octanol–water partition coefficient (Wildman–Crippen LogP) is 3.63. The monoisotopic (exact) mass is 695 g/mol. The van der Waals surface area contributed by atoms with Crippen LogP contribution in [0, 0.1) is 19.8 Å². The molecule has 2 fully saturated rings. The van der Waals surface area contributed by atoms with Crippen LogP contribution in [0.4, 0.5) is 10.5 Å². The Balaban J connectivity index is 1.26. The summed E-state index contributed by atoms with van der Waals surface area (Å²) in [6.07, 6.45) is 0.305. The van der Waals surface area contributed by atoms with Crippen LogP contribution in [0.3, 0.4) is 0 Å². The van der Waals surface area contributed by atoms with E-state index in [4.69, 9.17) is 18.9 Å². The van der Waals surface area contributed by atoms with E-state index in [-0.39, 0.29) is 31.8 Å². The summed E-state index contributed by atoms with van der Waals surface area (Å²) in [5, 5.41) is 17.5. The summed E-state index contributed by atoms with van der Waals surface area (Å²) < 4.78 is 48.6. The maximum absolute atomic E-state index is 13.3. The van der Waals surface area contributed by atoms with Crippen LogP contribution in [0.5, 0.6) is 5.75 Å². The molecule has 0 aromatic heterocycles. The van der Waals surface area contributed by atoms with Crippen molar-refractivity contribution in [2.45, 2.75) is 70.1 Å². The largest absolute Gasteiger partial charge is 0.483 e. The van der Waals surface area contributed by atoms with E-state index in [2.05, 4.69) is 15.4 Å². The third kappa shape index (κ3) is 10.7. The van der Waals surface area contributed by atoms with Crippen molar-refractivity contribution in [2.75, 3.05) is 30.8 Å². The molecule has 2 aliphatic heterocycles. The second kappa shape index (κ2) is 16.5. The Hall–Kier alpha value is -4.17. The Bertz CT molecular complexity index is 1650. The number of rotatable bonds is 15. The number of anilines is 1. The highest BCUT2D eigenvalue weighted by atomic mass is 32.2. The number of sulfonamides is 1. The number of aliphatic hydroxyl groups is 1. The van der Waals surface area contributed by atoms with Crippen molar-refractivity contribution in [1.29, 1.82) is 0 Å². The van der Waals surface area contributed by atoms with Gasteiger partial charge >= 0.3 is 6.09 Å². The molecule has 264 valence electrons. The molecule has 49 heavy (non-hydrogen) atoms. The van der Waals surface area contributed by atoms with Gasteiger partial charge in [-0.1, -0.05) is 60.7 Å². The fourth-order valence-corrected chi connectivity index (χ4v) is 6.97. The normalized spacial score (nSPS) is 20.4. The highest BCUT2D eigenvalue weighted by Crippen LogP contribution is 2.33. The number of carbonyl (C=O) groups excluding carboxylic acids is 2. The smallest absolute Gasteiger partial charge is 0.407 e. The molecule has 2 heterocycles. The van der Waals surface area contributed by atoms with Gasteiger partial charge in [-0.15, -0.1) is 0 Å². The molecule has 0 radical (unpaired) electrons. The number of aliphatic hydroxyl groups excluding tert-OH is 1. The maximum Gasteiger partial charge on any atom is 0.407 e. The van der Waals surface area contributed by atoms with Crippen molar-refractivity contribution < 1.29 is 42.1 Å². The minimum Gasteiger partial charge on any atom is -0.483 e. The summed E-state index contributed by atoms with van der Waals surface area (Å²) in [6, 6.07) is 21.2. The first-order valence-corrected chi connectivity index (χ1v) is 18.3. The van der Waals surface area contributed by atoms with Crippen LogP contribution >= 0.6 is 0 Å². The zero-order valence-electron chi connectivity index (χ0n) is 28.0. The van der Waals surface area contributed by atoms with Crippen LogP contribution in [0.25, 0.3) is 0 Å². The lowest BCUT2D eigenvalue weighted by Gasteiger charge is -2.29. The molecule has 6 atom stereocenters.